The number of Topliss-reactive ketones (excluding diaryl/α,β-unsaturated/α-hetero) is 1. The van der Waals surface area contributed by atoms with Gasteiger partial charge in [0.05, 0.1) is 19.2 Å². The number of nitrogens with one attached hydrogen (secondary N) is 2. The maximum Gasteiger partial charge on any atom is 0.221 e. The molecule has 0 saturated heterocycles. The van der Waals surface area contributed by atoms with Gasteiger partial charge in [-0.1, -0.05) is 48.5 Å². The molecule has 8 heteroatoms. The van der Waals surface area contributed by atoms with Gasteiger partial charge in [-0.05, 0) is 60.2 Å². The normalized spacial score (nSPS) is 12.6. The smallest absolute Gasteiger partial charge is 0.221 e. The number of aromatic amines is 1. The monoisotopic (exact) mass is 529 g/mol. The molecule has 0 saturated carbocycles. The molecule has 1 aromatic heterocycles. The number of rotatable bonds is 14. The Morgan fingerprint density at radius 2 is 1.79 bits per heavy atom. The number of benzene rings is 3. The second kappa shape index (κ2) is 13.6. The molecule has 39 heavy (non-hydrogen) atoms. The molecular weight excluding hydrogens is 494 g/mol. The van der Waals surface area contributed by atoms with Crippen molar-refractivity contribution in [1.82, 2.24) is 10.3 Å². The van der Waals surface area contributed by atoms with E-state index in [4.69, 9.17) is 15.2 Å². The zero-order valence-electron chi connectivity index (χ0n) is 22.1. The van der Waals surface area contributed by atoms with Gasteiger partial charge in [0.1, 0.15) is 18.1 Å². The molecule has 0 aliphatic rings. The summed E-state index contributed by atoms with van der Waals surface area (Å²) in [4.78, 5) is 29.5. The van der Waals surface area contributed by atoms with Gasteiger partial charge in [-0.15, -0.1) is 0 Å². The molecular formula is C31H35N3O5. The molecule has 0 fully saturated rings. The summed E-state index contributed by atoms with van der Waals surface area (Å²) in [7, 11) is 1.60. The average molecular weight is 530 g/mol. The van der Waals surface area contributed by atoms with E-state index < -0.39 is 12.1 Å². The number of ether oxygens (including phenoxy) is 2. The summed E-state index contributed by atoms with van der Waals surface area (Å²) < 4.78 is 11.2. The van der Waals surface area contributed by atoms with E-state index in [0.29, 0.717) is 25.0 Å². The molecule has 2 unspecified atom stereocenters. The molecule has 1 heterocycles. The van der Waals surface area contributed by atoms with Gasteiger partial charge in [0.25, 0.3) is 0 Å². The zero-order valence-corrected chi connectivity index (χ0v) is 22.1. The quantitative estimate of drug-likeness (QED) is 0.185. The number of carbonyl (C=O) groups excluding carboxylic acids is 2. The first-order chi connectivity index (χ1) is 19.0. The number of hydrogen-bond donors (Lipinski definition) is 4. The van der Waals surface area contributed by atoms with E-state index >= 15 is 0 Å². The van der Waals surface area contributed by atoms with Crippen LogP contribution in [0.5, 0.6) is 11.5 Å². The zero-order chi connectivity index (χ0) is 27.6. The topological polar surface area (TPSA) is 127 Å². The van der Waals surface area contributed by atoms with Crippen LogP contribution in [0.1, 0.15) is 23.1 Å². The second-order valence-corrected chi connectivity index (χ2v) is 9.45. The fourth-order valence-corrected chi connectivity index (χ4v) is 4.68. The first kappa shape index (κ1) is 27.9. The van der Waals surface area contributed by atoms with E-state index in [0.717, 1.165) is 33.3 Å². The number of aliphatic hydroxyl groups is 1. The maximum atomic E-state index is 13.5. The van der Waals surface area contributed by atoms with E-state index in [1.54, 1.807) is 19.2 Å². The number of aryl methyl sites for hydroxylation is 1. The van der Waals surface area contributed by atoms with Crippen molar-refractivity contribution in [1.29, 1.82) is 0 Å². The van der Waals surface area contributed by atoms with Crippen LogP contribution < -0.4 is 20.5 Å². The van der Waals surface area contributed by atoms with Crippen molar-refractivity contribution in [2.24, 2.45) is 11.7 Å². The molecule has 0 aliphatic heterocycles. The van der Waals surface area contributed by atoms with Gasteiger partial charge in [-0.2, -0.15) is 0 Å². The number of nitrogens with two attached hydrogens (primary N) is 1. The van der Waals surface area contributed by atoms with Crippen molar-refractivity contribution in [2.45, 2.75) is 31.8 Å². The lowest BCUT2D eigenvalue weighted by Gasteiger charge is -2.24. The fraction of sp³-hybridized carbons (Fsp3) is 0.290. The number of methoxy groups -OCH3 is 1. The van der Waals surface area contributed by atoms with Crippen LogP contribution in [-0.2, 0) is 28.9 Å². The first-order valence-corrected chi connectivity index (χ1v) is 13.1. The van der Waals surface area contributed by atoms with E-state index in [2.05, 4.69) is 10.3 Å². The Bertz CT molecular complexity index is 1400. The van der Waals surface area contributed by atoms with Gasteiger partial charge >= 0.3 is 0 Å². The Hall–Kier alpha value is -4.14. The van der Waals surface area contributed by atoms with Gasteiger partial charge < -0.3 is 30.6 Å². The largest absolute Gasteiger partial charge is 0.496 e. The highest BCUT2D eigenvalue weighted by Crippen LogP contribution is 2.23. The summed E-state index contributed by atoms with van der Waals surface area (Å²) in [6.07, 6.45) is 2.50. The first-order valence-electron chi connectivity index (χ1n) is 13.1. The Morgan fingerprint density at radius 3 is 2.62 bits per heavy atom. The van der Waals surface area contributed by atoms with Gasteiger partial charge in [0.15, 0.2) is 5.78 Å². The van der Waals surface area contributed by atoms with E-state index in [1.807, 2.05) is 66.9 Å². The van der Waals surface area contributed by atoms with Crippen molar-refractivity contribution in [2.75, 3.05) is 20.3 Å². The summed E-state index contributed by atoms with van der Waals surface area (Å²) in [5.41, 5.74) is 10.2. The number of aromatic nitrogens is 1. The molecule has 5 N–H and O–H groups in total. The van der Waals surface area contributed by atoms with Crippen LogP contribution >= 0.6 is 0 Å². The summed E-state index contributed by atoms with van der Waals surface area (Å²) in [6, 6.07) is 22.7. The van der Waals surface area contributed by atoms with E-state index in [-0.39, 0.29) is 31.3 Å². The summed E-state index contributed by atoms with van der Waals surface area (Å²) >= 11 is 0. The number of H-pyrrole nitrogens is 1. The summed E-state index contributed by atoms with van der Waals surface area (Å²) in [6.45, 7) is -0.166. The lowest BCUT2D eigenvalue weighted by atomic mass is 9.92. The van der Waals surface area contributed by atoms with Crippen molar-refractivity contribution in [3.63, 3.8) is 0 Å². The number of fused-ring (bicyclic) bond motifs is 1. The summed E-state index contributed by atoms with van der Waals surface area (Å²) in [5, 5.41) is 13.0. The predicted octanol–water partition coefficient (Wildman–Crippen LogP) is 3.55. The van der Waals surface area contributed by atoms with Gasteiger partial charge in [-0.25, -0.2) is 0 Å². The third kappa shape index (κ3) is 7.46. The van der Waals surface area contributed by atoms with E-state index in [9.17, 15) is 14.7 Å². The number of ketones is 1. The number of aliphatic hydroxyl groups excluding tert-OH is 1. The van der Waals surface area contributed by atoms with Gasteiger partial charge in [0.2, 0.25) is 5.91 Å². The highest BCUT2D eigenvalue weighted by Gasteiger charge is 2.28. The SMILES string of the molecule is COc1ccccc1CCC(=O)NC(N)C(Cc1c[nH]c2ccccc12)C(=O)COc1cccc(CCO)c1. The standard InChI is InChI=1S/C31H35N3O5/c1-38-29-12-5-2-8-22(29)13-14-30(37)34-31(32)26(18-23-19-33-27-11-4-3-10-25(23)27)28(36)20-39-24-9-6-7-21(17-24)15-16-35/h2-12,17,19,26,31,33,35H,13-16,18,20,32H2,1H3,(H,34,37). The van der Waals surface area contributed by atoms with Gasteiger partial charge in [0, 0.05) is 30.1 Å². The Morgan fingerprint density at radius 1 is 1.00 bits per heavy atom. The third-order valence-corrected chi connectivity index (χ3v) is 6.78. The molecule has 0 radical (unpaired) electrons. The van der Waals surface area contributed by atoms with Crippen LogP contribution in [0.15, 0.2) is 79.0 Å². The van der Waals surface area contributed by atoms with Crippen molar-refractivity contribution in [3.8, 4) is 11.5 Å². The van der Waals surface area contributed by atoms with Crippen LogP contribution in [-0.4, -0.2) is 48.3 Å². The van der Waals surface area contributed by atoms with Crippen LogP contribution in [0, 0.1) is 5.92 Å². The number of amides is 1. The molecule has 0 spiro atoms. The van der Waals surface area contributed by atoms with Crippen molar-refractivity contribution >= 4 is 22.6 Å². The van der Waals surface area contributed by atoms with Crippen LogP contribution in [0.4, 0.5) is 0 Å². The van der Waals surface area contributed by atoms with Crippen molar-refractivity contribution < 1.29 is 24.2 Å². The number of carbonyl (C=O) groups is 2. The van der Waals surface area contributed by atoms with Crippen molar-refractivity contribution in [3.05, 3.63) is 95.7 Å². The average Bonchev–Trinajstić information content (AvgIpc) is 3.37. The number of hydrogen-bond acceptors (Lipinski definition) is 6. The maximum absolute atomic E-state index is 13.5. The van der Waals surface area contributed by atoms with Crippen LogP contribution in [0.3, 0.4) is 0 Å². The highest BCUT2D eigenvalue weighted by atomic mass is 16.5. The fourth-order valence-electron chi connectivity index (χ4n) is 4.68. The molecule has 3 aromatic carbocycles. The predicted molar refractivity (Wildman–Crippen MR) is 151 cm³/mol. The lowest BCUT2D eigenvalue weighted by molar-refractivity contribution is -0.127. The summed E-state index contributed by atoms with van der Waals surface area (Å²) in [5.74, 6) is 0.0879. The van der Waals surface area contributed by atoms with Gasteiger partial charge in [-0.3, -0.25) is 9.59 Å². The molecule has 204 valence electrons. The molecule has 0 aliphatic carbocycles. The minimum atomic E-state index is -0.902. The Balaban J connectivity index is 1.46. The molecule has 0 bridgehead atoms. The minimum absolute atomic E-state index is 0.0285. The minimum Gasteiger partial charge on any atom is -0.496 e. The molecule has 4 aromatic rings. The second-order valence-electron chi connectivity index (χ2n) is 9.45. The lowest BCUT2D eigenvalue weighted by Crippen LogP contribution is -2.51. The third-order valence-electron chi connectivity index (χ3n) is 6.78. The molecule has 8 nitrogen and oxygen atoms in total. The molecule has 4 rings (SSSR count). The van der Waals surface area contributed by atoms with Crippen LogP contribution in [0.25, 0.3) is 10.9 Å². The number of para-hydroxylation sites is 2. The Labute approximate surface area is 228 Å². The molecule has 2 atom stereocenters. The molecule has 1 amide bonds. The van der Waals surface area contributed by atoms with E-state index in [1.165, 1.54) is 0 Å². The highest BCUT2D eigenvalue weighted by molar-refractivity contribution is 5.87. The van der Waals surface area contributed by atoms with Crippen LogP contribution in [0.2, 0.25) is 0 Å². The Kier molecular flexibility index (Phi) is 9.72.